The smallest absolute Gasteiger partial charge is 0.255 e. The summed E-state index contributed by atoms with van der Waals surface area (Å²) in [5.74, 6) is 0.0419. The van der Waals surface area contributed by atoms with E-state index in [0.29, 0.717) is 46.7 Å². The summed E-state index contributed by atoms with van der Waals surface area (Å²) in [6.07, 6.45) is 2.40. The average Bonchev–Trinajstić information content (AvgIpc) is 3.53. The van der Waals surface area contributed by atoms with E-state index in [4.69, 9.17) is 9.72 Å². The first kappa shape index (κ1) is 24.4. The van der Waals surface area contributed by atoms with Crippen LogP contribution >= 0.6 is 11.3 Å². The zero-order chi connectivity index (χ0) is 24.9. The summed E-state index contributed by atoms with van der Waals surface area (Å²) in [6.45, 7) is 6.39. The number of nitrogens with zero attached hydrogens (tertiary/aromatic N) is 4. The number of amides is 2. The van der Waals surface area contributed by atoms with Gasteiger partial charge in [-0.3, -0.25) is 9.59 Å². The molecule has 0 atom stereocenters. The molecule has 0 aliphatic rings. The van der Waals surface area contributed by atoms with Crippen molar-refractivity contribution >= 4 is 39.9 Å². The molecule has 182 valence electrons. The zero-order valence-electron chi connectivity index (χ0n) is 20.3. The SMILES string of the molecule is CCCN(CC(=O)Nc1ccccc1OC)C(=O)c1cc(-c2cccs2)nc2c1cnn2C(C)C. The predicted octanol–water partition coefficient (Wildman–Crippen LogP) is 5.24. The molecule has 9 heteroatoms. The van der Waals surface area contributed by atoms with Gasteiger partial charge in [0, 0.05) is 12.6 Å². The second-order valence-electron chi connectivity index (χ2n) is 8.43. The molecule has 4 rings (SSSR count). The minimum absolute atomic E-state index is 0.0822. The van der Waals surface area contributed by atoms with Gasteiger partial charge in [0.15, 0.2) is 5.65 Å². The van der Waals surface area contributed by atoms with Crippen LogP contribution < -0.4 is 10.1 Å². The second-order valence-corrected chi connectivity index (χ2v) is 9.38. The van der Waals surface area contributed by atoms with Gasteiger partial charge in [0.05, 0.1) is 40.5 Å². The van der Waals surface area contributed by atoms with Crippen LogP contribution in [0.2, 0.25) is 0 Å². The minimum atomic E-state index is -0.294. The Kier molecular flexibility index (Phi) is 7.45. The van der Waals surface area contributed by atoms with Crippen LogP contribution in [-0.2, 0) is 4.79 Å². The van der Waals surface area contributed by atoms with Crippen LogP contribution in [0.15, 0.2) is 54.0 Å². The quantitative estimate of drug-likeness (QED) is 0.346. The lowest BCUT2D eigenvalue weighted by Gasteiger charge is -2.22. The van der Waals surface area contributed by atoms with Gasteiger partial charge in [-0.1, -0.05) is 25.1 Å². The molecule has 0 unspecified atom stereocenters. The highest BCUT2D eigenvalue weighted by Crippen LogP contribution is 2.30. The number of carbonyl (C=O) groups excluding carboxylic acids is 2. The number of rotatable bonds is 9. The Hall–Kier alpha value is -3.72. The number of fused-ring (bicyclic) bond motifs is 1. The summed E-state index contributed by atoms with van der Waals surface area (Å²) in [6, 6.07) is 13.0. The fourth-order valence-corrected chi connectivity index (χ4v) is 4.61. The van der Waals surface area contributed by atoms with E-state index in [0.717, 1.165) is 4.88 Å². The van der Waals surface area contributed by atoms with Gasteiger partial charge in [0.25, 0.3) is 5.91 Å². The number of benzene rings is 1. The molecular weight excluding hydrogens is 462 g/mol. The third-order valence-corrected chi connectivity index (χ3v) is 6.45. The maximum Gasteiger partial charge on any atom is 0.255 e. The zero-order valence-corrected chi connectivity index (χ0v) is 21.1. The molecule has 0 aliphatic heterocycles. The summed E-state index contributed by atoms with van der Waals surface area (Å²) in [5, 5.41) is 10.0. The topological polar surface area (TPSA) is 89.3 Å². The van der Waals surface area contributed by atoms with E-state index in [1.54, 1.807) is 41.7 Å². The van der Waals surface area contributed by atoms with Gasteiger partial charge in [-0.15, -0.1) is 11.3 Å². The first-order valence-electron chi connectivity index (χ1n) is 11.6. The number of methoxy groups -OCH3 is 1. The molecule has 8 nitrogen and oxygen atoms in total. The van der Waals surface area contributed by atoms with Gasteiger partial charge >= 0.3 is 0 Å². The number of anilines is 1. The highest BCUT2D eigenvalue weighted by atomic mass is 32.1. The van der Waals surface area contributed by atoms with Crippen molar-refractivity contribution < 1.29 is 14.3 Å². The molecule has 4 aromatic rings. The van der Waals surface area contributed by atoms with Crippen molar-refractivity contribution in [2.75, 3.05) is 25.5 Å². The van der Waals surface area contributed by atoms with Crippen molar-refractivity contribution in [1.29, 1.82) is 0 Å². The van der Waals surface area contributed by atoms with Gasteiger partial charge in [-0.05, 0) is 49.9 Å². The Balaban J connectivity index is 1.68. The van der Waals surface area contributed by atoms with Gasteiger partial charge in [0.2, 0.25) is 5.91 Å². The Labute approximate surface area is 208 Å². The van der Waals surface area contributed by atoms with Crippen molar-refractivity contribution in [1.82, 2.24) is 19.7 Å². The molecule has 1 aromatic carbocycles. The third kappa shape index (κ3) is 5.19. The number of pyridine rings is 1. The number of ether oxygens (including phenoxy) is 1. The van der Waals surface area contributed by atoms with E-state index in [1.807, 2.05) is 61.2 Å². The first-order valence-corrected chi connectivity index (χ1v) is 12.4. The van der Waals surface area contributed by atoms with Crippen molar-refractivity contribution in [3.8, 4) is 16.3 Å². The van der Waals surface area contributed by atoms with Crippen molar-refractivity contribution in [3.05, 3.63) is 59.6 Å². The van der Waals surface area contributed by atoms with E-state index < -0.39 is 0 Å². The minimum Gasteiger partial charge on any atom is -0.495 e. The molecule has 0 spiro atoms. The van der Waals surface area contributed by atoms with Gasteiger partial charge in [-0.2, -0.15) is 5.10 Å². The van der Waals surface area contributed by atoms with Crippen molar-refractivity contribution in [3.63, 3.8) is 0 Å². The first-order chi connectivity index (χ1) is 16.9. The van der Waals surface area contributed by atoms with E-state index in [1.165, 1.54) is 0 Å². The normalized spacial score (nSPS) is 11.1. The van der Waals surface area contributed by atoms with Crippen LogP contribution in [0.25, 0.3) is 21.6 Å². The monoisotopic (exact) mass is 491 g/mol. The summed E-state index contributed by atoms with van der Waals surface area (Å²) in [5.41, 5.74) is 2.43. The molecule has 0 saturated carbocycles. The van der Waals surface area contributed by atoms with E-state index in [2.05, 4.69) is 10.4 Å². The van der Waals surface area contributed by atoms with Crippen LogP contribution in [0.4, 0.5) is 5.69 Å². The highest BCUT2D eigenvalue weighted by Gasteiger charge is 2.24. The molecule has 0 fully saturated rings. The van der Waals surface area contributed by atoms with E-state index >= 15 is 0 Å². The van der Waals surface area contributed by atoms with Crippen LogP contribution in [0.5, 0.6) is 5.75 Å². The fraction of sp³-hybridized carbons (Fsp3) is 0.308. The maximum atomic E-state index is 13.8. The summed E-state index contributed by atoms with van der Waals surface area (Å²) >= 11 is 1.56. The standard InChI is InChI=1S/C26H29N5O3S/c1-5-12-30(16-24(32)28-20-9-6-7-10-22(20)34-4)26(33)18-14-21(23-11-8-13-35-23)29-25-19(18)15-27-31(25)17(2)3/h6-11,13-15,17H,5,12,16H2,1-4H3,(H,28,32). The molecule has 2 amide bonds. The fourth-order valence-electron chi connectivity index (χ4n) is 3.93. The van der Waals surface area contributed by atoms with Crippen LogP contribution in [0, 0.1) is 0 Å². The molecule has 3 heterocycles. The average molecular weight is 492 g/mol. The molecule has 0 bridgehead atoms. The van der Waals surface area contributed by atoms with Crippen LogP contribution in [0.1, 0.15) is 43.6 Å². The number of carbonyl (C=O) groups is 2. The molecule has 1 N–H and O–H groups in total. The third-order valence-electron chi connectivity index (χ3n) is 5.56. The number of aromatic nitrogens is 3. The molecule has 35 heavy (non-hydrogen) atoms. The number of hydrogen-bond acceptors (Lipinski definition) is 6. The molecule has 0 radical (unpaired) electrons. The lowest BCUT2D eigenvalue weighted by molar-refractivity contribution is -0.116. The second kappa shape index (κ2) is 10.7. The number of thiophene rings is 1. The Bertz CT molecular complexity index is 1330. The lowest BCUT2D eigenvalue weighted by atomic mass is 10.1. The maximum absolute atomic E-state index is 13.8. The van der Waals surface area contributed by atoms with Crippen molar-refractivity contribution in [2.45, 2.75) is 33.2 Å². The summed E-state index contributed by atoms with van der Waals surface area (Å²) < 4.78 is 7.14. The van der Waals surface area contributed by atoms with E-state index in [-0.39, 0.29) is 24.4 Å². The summed E-state index contributed by atoms with van der Waals surface area (Å²) in [4.78, 5) is 34.1. The Morgan fingerprint density at radius 1 is 1.20 bits per heavy atom. The number of nitrogens with one attached hydrogen (secondary N) is 1. The number of para-hydroxylation sites is 2. The molecular formula is C26H29N5O3S. The largest absolute Gasteiger partial charge is 0.495 e. The van der Waals surface area contributed by atoms with E-state index in [9.17, 15) is 9.59 Å². The summed E-state index contributed by atoms with van der Waals surface area (Å²) in [7, 11) is 1.55. The van der Waals surface area contributed by atoms with Gasteiger partial charge in [-0.25, -0.2) is 9.67 Å². The molecule has 0 aliphatic carbocycles. The van der Waals surface area contributed by atoms with Gasteiger partial charge < -0.3 is 15.0 Å². The Morgan fingerprint density at radius 3 is 2.69 bits per heavy atom. The van der Waals surface area contributed by atoms with Crippen LogP contribution in [-0.4, -0.2) is 51.7 Å². The Morgan fingerprint density at radius 2 is 2.00 bits per heavy atom. The number of hydrogen-bond donors (Lipinski definition) is 1. The molecule has 0 saturated heterocycles. The van der Waals surface area contributed by atoms with Crippen molar-refractivity contribution in [2.24, 2.45) is 0 Å². The molecule has 3 aromatic heterocycles. The predicted molar refractivity (Wildman–Crippen MR) is 139 cm³/mol. The van der Waals surface area contributed by atoms with Gasteiger partial charge in [0.1, 0.15) is 12.3 Å². The highest BCUT2D eigenvalue weighted by molar-refractivity contribution is 7.13. The lowest BCUT2D eigenvalue weighted by Crippen LogP contribution is -2.38. The van der Waals surface area contributed by atoms with Crippen LogP contribution in [0.3, 0.4) is 0 Å².